The minimum absolute atomic E-state index is 0. The van der Waals surface area contributed by atoms with Gasteiger partial charge in [-0.25, -0.2) is 0 Å². The Balaban J connectivity index is 0.00000162. The molecule has 0 saturated carbocycles. The molecule has 1 heterocycles. The Morgan fingerprint density at radius 2 is 2.06 bits per heavy atom. The first-order valence-corrected chi connectivity index (χ1v) is 6.22. The summed E-state index contributed by atoms with van der Waals surface area (Å²) in [6.07, 6.45) is 0. The quantitative estimate of drug-likeness (QED) is 0.933. The summed E-state index contributed by atoms with van der Waals surface area (Å²) in [5.74, 6) is 1.32. The summed E-state index contributed by atoms with van der Waals surface area (Å²) in [5.41, 5.74) is 6.86. The van der Waals surface area contributed by atoms with Crippen molar-refractivity contribution in [2.24, 2.45) is 11.7 Å². The lowest BCUT2D eigenvalue weighted by molar-refractivity contribution is 0.325. The van der Waals surface area contributed by atoms with Crippen LogP contribution in [-0.2, 0) is 0 Å². The molecule has 18 heavy (non-hydrogen) atoms. The molecule has 2 rings (SSSR count). The van der Waals surface area contributed by atoms with Crippen LogP contribution in [0.25, 0.3) is 11.4 Å². The van der Waals surface area contributed by atoms with Crippen molar-refractivity contribution in [3.05, 3.63) is 34.6 Å². The second-order valence-corrected chi connectivity index (χ2v) is 5.15. The summed E-state index contributed by atoms with van der Waals surface area (Å²) in [6, 6.07) is 7.53. The standard InChI is InChI=1S/C12H14BrN3O.ClH/c1-7(2)10(14)12-15-11(16-17-12)8-4-3-5-9(13)6-8;/h3-7,10H,14H2,1-2H3;1H. The second-order valence-electron chi connectivity index (χ2n) is 4.24. The Morgan fingerprint density at radius 3 is 2.67 bits per heavy atom. The number of rotatable bonds is 3. The van der Waals surface area contributed by atoms with Crippen LogP contribution in [0.15, 0.2) is 33.3 Å². The lowest BCUT2D eigenvalue weighted by Gasteiger charge is -2.09. The largest absolute Gasteiger partial charge is 0.337 e. The molecule has 1 atom stereocenters. The highest BCUT2D eigenvalue weighted by molar-refractivity contribution is 9.10. The average molecular weight is 333 g/mol. The summed E-state index contributed by atoms with van der Waals surface area (Å²) in [5, 5.41) is 3.94. The van der Waals surface area contributed by atoms with E-state index < -0.39 is 0 Å². The topological polar surface area (TPSA) is 64.9 Å². The zero-order valence-electron chi connectivity index (χ0n) is 10.1. The van der Waals surface area contributed by atoms with E-state index in [1.807, 2.05) is 38.1 Å². The number of benzene rings is 1. The van der Waals surface area contributed by atoms with E-state index in [4.69, 9.17) is 10.3 Å². The van der Waals surface area contributed by atoms with Crippen LogP contribution < -0.4 is 5.73 Å². The molecule has 0 saturated heterocycles. The average Bonchev–Trinajstić information content (AvgIpc) is 2.77. The smallest absolute Gasteiger partial charge is 0.244 e. The fourth-order valence-corrected chi connectivity index (χ4v) is 1.80. The van der Waals surface area contributed by atoms with Gasteiger partial charge in [0.25, 0.3) is 0 Å². The zero-order chi connectivity index (χ0) is 12.4. The first kappa shape index (κ1) is 15.1. The van der Waals surface area contributed by atoms with Gasteiger partial charge in [0, 0.05) is 10.0 Å². The van der Waals surface area contributed by atoms with Crippen LogP contribution in [0.1, 0.15) is 25.8 Å². The monoisotopic (exact) mass is 331 g/mol. The fraction of sp³-hybridized carbons (Fsp3) is 0.333. The van der Waals surface area contributed by atoms with Gasteiger partial charge in [-0.3, -0.25) is 0 Å². The molecule has 2 aromatic rings. The molecule has 0 spiro atoms. The summed E-state index contributed by atoms with van der Waals surface area (Å²) < 4.78 is 6.16. The Hall–Kier alpha value is -0.910. The van der Waals surface area contributed by atoms with Gasteiger partial charge in [0.05, 0.1) is 6.04 Å². The zero-order valence-corrected chi connectivity index (χ0v) is 12.5. The summed E-state index contributed by atoms with van der Waals surface area (Å²) in [4.78, 5) is 4.32. The van der Waals surface area contributed by atoms with Crippen molar-refractivity contribution >= 4 is 28.3 Å². The molecule has 0 amide bonds. The van der Waals surface area contributed by atoms with E-state index in [1.54, 1.807) is 0 Å². The van der Waals surface area contributed by atoms with E-state index in [-0.39, 0.29) is 24.4 Å². The minimum atomic E-state index is -0.219. The van der Waals surface area contributed by atoms with Crippen molar-refractivity contribution in [2.45, 2.75) is 19.9 Å². The van der Waals surface area contributed by atoms with Crippen molar-refractivity contribution < 1.29 is 4.52 Å². The predicted octanol–water partition coefficient (Wildman–Crippen LogP) is 3.58. The van der Waals surface area contributed by atoms with Crippen LogP contribution in [0.2, 0.25) is 0 Å². The van der Waals surface area contributed by atoms with Crippen molar-refractivity contribution in [2.75, 3.05) is 0 Å². The molecule has 0 bridgehead atoms. The molecule has 0 aliphatic heterocycles. The molecule has 0 aliphatic rings. The van der Waals surface area contributed by atoms with Gasteiger partial charge in [-0.2, -0.15) is 4.98 Å². The molecule has 98 valence electrons. The van der Waals surface area contributed by atoms with Gasteiger partial charge in [-0.15, -0.1) is 12.4 Å². The summed E-state index contributed by atoms with van der Waals surface area (Å²) >= 11 is 3.41. The van der Waals surface area contributed by atoms with Gasteiger partial charge in [-0.1, -0.05) is 47.1 Å². The molecule has 1 unspecified atom stereocenters. The van der Waals surface area contributed by atoms with Crippen LogP contribution in [-0.4, -0.2) is 10.1 Å². The third kappa shape index (κ3) is 3.31. The van der Waals surface area contributed by atoms with Crippen molar-refractivity contribution in [3.8, 4) is 11.4 Å². The van der Waals surface area contributed by atoms with Crippen molar-refractivity contribution in [1.82, 2.24) is 10.1 Å². The normalized spacial score (nSPS) is 12.3. The summed E-state index contributed by atoms with van der Waals surface area (Å²) in [7, 11) is 0. The molecule has 2 N–H and O–H groups in total. The fourth-order valence-electron chi connectivity index (χ4n) is 1.40. The van der Waals surface area contributed by atoms with Gasteiger partial charge in [-0.05, 0) is 18.1 Å². The van der Waals surface area contributed by atoms with E-state index in [0.29, 0.717) is 11.7 Å². The maximum Gasteiger partial charge on any atom is 0.244 e. The second kappa shape index (κ2) is 6.31. The summed E-state index contributed by atoms with van der Waals surface area (Å²) in [6.45, 7) is 4.04. The molecular formula is C12H15BrClN3O. The highest BCUT2D eigenvalue weighted by Gasteiger charge is 2.18. The number of aromatic nitrogens is 2. The van der Waals surface area contributed by atoms with Crippen molar-refractivity contribution in [3.63, 3.8) is 0 Å². The Kier molecular flexibility index (Phi) is 5.31. The van der Waals surface area contributed by atoms with Gasteiger partial charge in [0.15, 0.2) is 0 Å². The number of nitrogens with zero attached hydrogens (tertiary/aromatic N) is 2. The van der Waals surface area contributed by atoms with E-state index in [1.165, 1.54) is 0 Å². The van der Waals surface area contributed by atoms with E-state index in [0.717, 1.165) is 10.0 Å². The molecule has 0 radical (unpaired) electrons. The Labute approximate surface area is 120 Å². The van der Waals surface area contributed by atoms with E-state index in [2.05, 4.69) is 26.1 Å². The van der Waals surface area contributed by atoms with Gasteiger partial charge in [0.1, 0.15) is 0 Å². The molecular weight excluding hydrogens is 318 g/mol. The molecule has 6 heteroatoms. The molecule has 0 fully saturated rings. The van der Waals surface area contributed by atoms with Crippen LogP contribution >= 0.6 is 28.3 Å². The number of halogens is 2. The first-order chi connectivity index (χ1) is 8.08. The number of hydrogen-bond donors (Lipinski definition) is 1. The number of nitrogens with two attached hydrogens (primary N) is 1. The molecule has 0 aliphatic carbocycles. The molecule has 1 aromatic heterocycles. The van der Waals surface area contributed by atoms with Gasteiger partial charge >= 0.3 is 0 Å². The molecule has 4 nitrogen and oxygen atoms in total. The lowest BCUT2D eigenvalue weighted by Crippen LogP contribution is -2.16. The van der Waals surface area contributed by atoms with Crippen LogP contribution in [0.3, 0.4) is 0 Å². The highest BCUT2D eigenvalue weighted by atomic mass is 79.9. The van der Waals surface area contributed by atoms with Crippen LogP contribution in [0.4, 0.5) is 0 Å². The SMILES string of the molecule is CC(C)C(N)c1nc(-c2cccc(Br)c2)no1.Cl. The third-order valence-corrected chi connectivity index (χ3v) is 3.02. The van der Waals surface area contributed by atoms with Crippen LogP contribution in [0, 0.1) is 5.92 Å². The maximum absolute atomic E-state index is 5.95. The maximum atomic E-state index is 5.95. The predicted molar refractivity (Wildman–Crippen MR) is 76.4 cm³/mol. The van der Waals surface area contributed by atoms with Gasteiger partial charge in [0.2, 0.25) is 11.7 Å². The third-order valence-electron chi connectivity index (χ3n) is 2.53. The van der Waals surface area contributed by atoms with Crippen molar-refractivity contribution in [1.29, 1.82) is 0 Å². The lowest BCUT2D eigenvalue weighted by atomic mass is 10.1. The van der Waals surface area contributed by atoms with Crippen LogP contribution in [0.5, 0.6) is 0 Å². The van der Waals surface area contributed by atoms with Gasteiger partial charge < -0.3 is 10.3 Å². The Morgan fingerprint density at radius 1 is 1.33 bits per heavy atom. The minimum Gasteiger partial charge on any atom is -0.337 e. The van der Waals surface area contributed by atoms with E-state index in [9.17, 15) is 0 Å². The molecule has 1 aromatic carbocycles. The van der Waals surface area contributed by atoms with E-state index >= 15 is 0 Å². The highest BCUT2D eigenvalue weighted by Crippen LogP contribution is 2.23. The Bertz CT molecular complexity index is 516. The first-order valence-electron chi connectivity index (χ1n) is 5.43. The number of hydrogen-bond acceptors (Lipinski definition) is 4.